The fourth-order valence-corrected chi connectivity index (χ4v) is 2.55. The Morgan fingerprint density at radius 2 is 1.73 bits per heavy atom. The van der Waals surface area contributed by atoms with Crippen LogP contribution in [0.5, 0.6) is 17.4 Å². The van der Waals surface area contributed by atoms with Gasteiger partial charge in [-0.15, -0.1) is 0 Å². The molecule has 1 aromatic carbocycles. The molecule has 0 saturated carbocycles. The van der Waals surface area contributed by atoms with Crippen molar-refractivity contribution in [1.82, 2.24) is 19.4 Å². The van der Waals surface area contributed by atoms with E-state index in [9.17, 15) is 22.0 Å². The van der Waals surface area contributed by atoms with Crippen LogP contribution in [0.3, 0.4) is 0 Å². The van der Waals surface area contributed by atoms with Crippen LogP contribution in [0.25, 0.3) is 5.78 Å². The number of hydrogen-bond acceptors (Lipinski definition) is 5. The van der Waals surface area contributed by atoms with Gasteiger partial charge in [-0.05, 0) is 29.8 Å². The van der Waals surface area contributed by atoms with Gasteiger partial charge in [0.1, 0.15) is 18.1 Å². The second-order valence-corrected chi connectivity index (χ2v) is 6.06. The summed E-state index contributed by atoms with van der Waals surface area (Å²) in [6, 6.07) is 5.12. The molecule has 30 heavy (non-hydrogen) atoms. The van der Waals surface area contributed by atoms with E-state index >= 15 is 0 Å². The smallest absolute Gasteiger partial charge is 0.433 e. The number of nitrogens with zero attached hydrogens (tertiary/aromatic N) is 4. The first-order valence-electron chi connectivity index (χ1n) is 8.41. The van der Waals surface area contributed by atoms with Gasteiger partial charge in [-0.2, -0.15) is 18.2 Å². The molecule has 0 radical (unpaired) electrons. The van der Waals surface area contributed by atoms with Gasteiger partial charge in [0.25, 0.3) is 0 Å². The van der Waals surface area contributed by atoms with Crippen molar-refractivity contribution in [2.75, 3.05) is 0 Å². The normalized spacial score (nSPS) is 11.6. The molecule has 0 aliphatic carbocycles. The molecule has 0 N–H and O–H groups in total. The second kappa shape index (κ2) is 7.58. The number of pyridine rings is 1. The van der Waals surface area contributed by atoms with Crippen LogP contribution in [0.4, 0.5) is 22.0 Å². The maximum Gasteiger partial charge on any atom is 0.433 e. The predicted octanol–water partition coefficient (Wildman–Crippen LogP) is 4.79. The van der Waals surface area contributed by atoms with Gasteiger partial charge in [0.15, 0.2) is 17.4 Å². The van der Waals surface area contributed by atoms with E-state index in [1.165, 1.54) is 0 Å². The van der Waals surface area contributed by atoms with Gasteiger partial charge in [0.05, 0.1) is 6.20 Å². The summed E-state index contributed by atoms with van der Waals surface area (Å²) in [5.74, 6) is -2.50. The van der Waals surface area contributed by atoms with Crippen LogP contribution in [-0.4, -0.2) is 19.4 Å². The van der Waals surface area contributed by atoms with E-state index in [2.05, 4.69) is 15.0 Å². The molecule has 0 aliphatic heterocycles. The largest absolute Gasteiger partial charge is 0.473 e. The molecule has 0 aliphatic rings. The quantitative estimate of drug-likeness (QED) is 0.433. The third-order valence-electron chi connectivity index (χ3n) is 3.93. The summed E-state index contributed by atoms with van der Waals surface area (Å²) in [7, 11) is 0. The molecular formula is C19H11F5N4O2. The number of aromatic nitrogens is 4. The number of ether oxygens (including phenoxy) is 2. The zero-order valence-corrected chi connectivity index (χ0v) is 14.9. The summed E-state index contributed by atoms with van der Waals surface area (Å²) in [6.07, 6.45) is 1.02. The lowest BCUT2D eigenvalue weighted by Crippen LogP contribution is -2.07. The predicted molar refractivity (Wildman–Crippen MR) is 93.0 cm³/mol. The Morgan fingerprint density at radius 1 is 0.967 bits per heavy atom. The molecule has 0 spiro atoms. The molecule has 0 bridgehead atoms. The Bertz CT molecular complexity index is 1170. The number of rotatable bonds is 5. The minimum absolute atomic E-state index is 0.160. The number of benzene rings is 1. The number of hydrogen-bond donors (Lipinski definition) is 0. The summed E-state index contributed by atoms with van der Waals surface area (Å²) in [5, 5.41) is 0. The Morgan fingerprint density at radius 3 is 2.40 bits per heavy atom. The average molecular weight is 422 g/mol. The molecule has 0 unspecified atom stereocenters. The molecule has 6 nitrogen and oxygen atoms in total. The molecule has 0 saturated heterocycles. The Kier molecular flexibility index (Phi) is 4.94. The molecule has 4 aromatic rings. The van der Waals surface area contributed by atoms with Crippen molar-refractivity contribution in [3.05, 3.63) is 78.0 Å². The van der Waals surface area contributed by atoms with Crippen molar-refractivity contribution >= 4 is 5.78 Å². The fraction of sp³-hybridized carbons (Fsp3) is 0.105. The zero-order chi connectivity index (χ0) is 21.3. The molecule has 3 heterocycles. The lowest BCUT2D eigenvalue weighted by molar-refractivity contribution is -0.141. The first kappa shape index (κ1) is 19.6. The van der Waals surface area contributed by atoms with Gasteiger partial charge >= 0.3 is 6.18 Å². The number of halogens is 5. The minimum Gasteiger partial charge on any atom is -0.473 e. The lowest BCUT2D eigenvalue weighted by atomic mass is 10.2. The highest BCUT2D eigenvalue weighted by Crippen LogP contribution is 2.31. The van der Waals surface area contributed by atoms with Gasteiger partial charge in [-0.1, -0.05) is 0 Å². The average Bonchev–Trinajstić information content (AvgIpc) is 3.17. The van der Waals surface area contributed by atoms with Crippen LogP contribution >= 0.6 is 0 Å². The SMILES string of the molecule is Fc1cc(COc2ccn3ccnc3n2)cc(F)c1Oc1ccc(C(F)(F)F)nc1. The first-order chi connectivity index (χ1) is 14.3. The van der Waals surface area contributed by atoms with Crippen molar-refractivity contribution < 1.29 is 31.4 Å². The fourth-order valence-electron chi connectivity index (χ4n) is 2.55. The van der Waals surface area contributed by atoms with Gasteiger partial charge in [0, 0.05) is 24.7 Å². The second-order valence-electron chi connectivity index (χ2n) is 6.06. The van der Waals surface area contributed by atoms with Crippen molar-refractivity contribution in [2.24, 2.45) is 0 Å². The Hall–Kier alpha value is -3.76. The van der Waals surface area contributed by atoms with Crippen molar-refractivity contribution in [1.29, 1.82) is 0 Å². The highest BCUT2D eigenvalue weighted by Gasteiger charge is 2.32. The van der Waals surface area contributed by atoms with Gasteiger partial charge in [-0.25, -0.2) is 18.7 Å². The summed E-state index contributed by atoms with van der Waals surface area (Å²) < 4.78 is 78.3. The molecule has 11 heteroatoms. The number of imidazole rings is 1. The van der Waals surface area contributed by atoms with Gasteiger partial charge < -0.3 is 9.47 Å². The minimum atomic E-state index is -4.63. The van der Waals surface area contributed by atoms with Crippen LogP contribution in [0, 0.1) is 11.6 Å². The van der Waals surface area contributed by atoms with Crippen molar-refractivity contribution in [3.8, 4) is 17.4 Å². The highest BCUT2D eigenvalue weighted by atomic mass is 19.4. The third-order valence-corrected chi connectivity index (χ3v) is 3.93. The molecular weight excluding hydrogens is 411 g/mol. The van der Waals surface area contributed by atoms with E-state index in [-0.39, 0.29) is 23.8 Å². The Balaban J connectivity index is 1.47. The summed E-state index contributed by atoms with van der Waals surface area (Å²) >= 11 is 0. The first-order valence-corrected chi connectivity index (χ1v) is 8.41. The van der Waals surface area contributed by atoms with E-state index in [0.29, 0.717) is 11.8 Å². The number of alkyl halides is 3. The topological polar surface area (TPSA) is 61.5 Å². The van der Waals surface area contributed by atoms with E-state index < -0.39 is 29.3 Å². The lowest BCUT2D eigenvalue weighted by Gasteiger charge is -2.11. The van der Waals surface area contributed by atoms with Gasteiger partial charge in [0.2, 0.25) is 11.7 Å². The van der Waals surface area contributed by atoms with E-state index in [0.717, 1.165) is 24.4 Å². The van der Waals surface area contributed by atoms with E-state index in [1.807, 2.05) is 0 Å². The maximum atomic E-state index is 14.3. The van der Waals surface area contributed by atoms with Crippen LogP contribution in [0.15, 0.2) is 55.1 Å². The summed E-state index contributed by atoms with van der Waals surface area (Å²) in [5.41, 5.74) is -0.988. The van der Waals surface area contributed by atoms with E-state index in [1.54, 1.807) is 29.1 Å². The van der Waals surface area contributed by atoms with Crippen LogP contribution in [0.2, 0.25) is 0 Å². The standard InChI is InChI=1S/C19H11F5N4O2/c20-13-7-11(10-29-16-3-5-28-6-4-25-18(28)27-16)8-14(21)17(13)30-12-1-2-15(26-9-12)19(22,23)24/h1-9H,10H2. The van der Waals surface area contributed by atoms with Crippen LogP contribution in [0.1, 0.15) is 11.3 Å². The Labute approximate surface area is 165 Å². The number of fused-ring (bicyclic) bond motifs is 1. The molecule has 154 valence electrons. The maximum absolute atomic E-state index is 14.3. The summed E-state index contributed by atoms with van der Waals surface area (Å²) in [4.78, 5) is 11.3. The van der Waals surface area contributed by atoms with Crippen molar-refractivity contribution in [2.45, 2.75) is 12.8 Å². The monoisotopic (exact) mass is 422 g/mol. The molecule has 0 amide bonds. The molecule has 4 rings (SSSR count). The summed E-state index contributed by atoms with van der Waals surface area (Å²) in [6.45, 7) is -0.181. The van der Waals surface area contributed by atoms with Crippen LogP contribution in [-0.2, 0) is 12.8 Å². The molecule has 0 atom stereocenters. The van der Waals surface area contributed by atoms with Gasteiger partial charge in [-0.3, -0.25) is 4.40 Å². The highest BCUT2D eigenvalue weighted by molar-refractivity contribution is 5.36. The zero-order valence-electron chi connectivity index (χ0n) is 14.9. The third kappa shape index (κ3) is 4.14. The van der Waals surface area contributed by atoms with Crippen molar-refractivity contribution in [3.63, 3.8) is 0 Å². The van der Waals surface area contributed by atoms with E-state index in [4.69, 9.17) is 9.47 Å². The molecule has 3 aromatic heterocycles. The molecule has 0 fully saturated rings. The van der Waals surface area contributed by atoms with Crippen LogP contribution < -0.4 is 9.47 Å².